The lowest BCUT2D eigenvalue weighted by atomic mass is 10.0. The van der Waals surface area contributed by atoms with Gasteiger partial charge in [0.1, 0.15) is 6.04 Å². The number of carbonyl (C=O) groups excluding carboxylic acids is 3. The van der Waals surface area contributed by atoms with E-state index < -0.39 is 6.04 Å². The van der Waals surface area contributed by atoms with Gasteiger partial charge in [-0.05, 0) is 48.9 Å². The summed E-state index contributed by atoms with van der Waals surface area (Å²) in [6, 6.07) is 6.57. The summed E-state index contributed by atoms with van der Waals surface area (Å²) in [5, 5.41) is 9.64. The van der Waals surface area contributed by atoms with Gasteiger partial charge in [-0.2, -0.15) is 0 Å². The van der Waals surface area contributed by atoms with Crippen LogP contribution < -0.4 is 16.0 Å². The van der Waals surface area contributed by atoms with E-state index in [9.17, 15) is 14.4 Å². The van der Waals surface area contributed by atoms with E-state index in [-0.39, 0.29) is 24.1 Å². The Morgan fingerprint density at radius 3 is 2.89 bits per heavy atom. The SMILES string of the molecule is O=C1CCC(N2Cc3cc(CNC4C5CCCCNC54)ccc3C2=O)C(=O)N1. The van der Waals surface area contributed by atoms with Gasteiger partial charge in [0.25, 0.3) is 5.91 Å². The lowest BCUT2D eigenvalue weighted by Crippen LogP contribution is -2.52. The van der Waals surface area contributed by atoms with Crippen LogP contribution in [0.15, 0.2) is 18.2 Å². The predicted octanol–water partition coefficient (Wildman–Crippen LogP) is 0.678. The number of fused-ring (bicyclic) bond motifs is 2. The van der Waals surface area contributed by atoms with E-state index in [4.69, 9.17) is 0 Å². The Hall–Kier alpha value is -2.25. The summed E-state index contributed by atoms with van der Waals surface area (Å²) in [7, 11) is 0. The van der Waals surface area contributed by atoms with E-state index in [1.165, 1.54) is 19.3 Å². The van der Waals surface area contributed by atoms with Crippen molar-refractivity contribution in [1.29, 1.82) is 0 Å². The predicted molar refractivity (Wildman–Crippen MR) is 102 cm³/mol. The van der Waals surface area contributed by atoms with Crippen LogP contribution in [0.2, 0.25) is 0 Å². The highest BCUT2D eigenvalue weighted by atomic mass is 16.2. The van der Waals surface area contributed by atoms with E-state index in [1.54, 1.807) is 4.90 Å². The molecule has 0 bridgehead atoms. The van der Waals surface area contributed by atoms with Gasteiger partial charge in [0.15, 0.2) is 0 Å². The molecule has 7 heteroatoms. The Morgan fingerprint density at radius 2 is 2.04 bits per heavy atom. The quantitative estimate of drug-likeness (QED) is 0.666. The van der Waals surface area contributed by atoms with E-state index in [2.05, 4.69) is 22.0 Å². The second kappa shape index (κ2) is 6.97. The summed E-state index contributed by atoms with van der Waals surface area (Å²) in [6.07, 6.45) is 4.57. The summed E-state index contributed by atoms with van der Waals surface area (Å²) >= 11 is 0. The van der Waals surface area contributed by atoms with Crippen molar-refractivity contribution in [3.8, 4) is 0 Å². The molecule has 4 unspecified atom stereocenters. The number of benzene rings is 1. The van der Waals surface area contributed by atoms with E-state index >= 15 is 0 Å². The first-order valence-electron chi connectivity index (χ1n) is 10.3. The maximum atomic E-state index is 12.8. The fraction of sp³-hybridized carbons (Fsp3) is 0.571. The van der Waals surface area contributed by atoms with Crippen LogP contribution in [0.25, 0.3) is 0 Å². The maximum Gasteiger partial charge on any atom is 0.255 e. The number of amides is 3. The molecule has 7 nitrogen and oxygen atoms in total. The molecule has 28 heavy (non-hydrogen) atoms. The zero-order valence-corrected chi connectivity index (χ0v) is 15.9. The molecule has 0 aromatic heterocycles. The lowest BCUT2D eigenvalue weighted by molar-refractivity contribution is -0.136. The summed E-state index contributed by atoms with van der Waals surface area (Å²) in [4.78, 5) is 37.9. The van der Waals surface area contributed by atoms with Crippen molar-refractivity contribution < 1.29 is 14.4 Å². The number of nitrogens with one attached hydrogen (secondary N) is 3. The monoisotopic (exact) mass is 382 g/mol. The molecular weight excluding hydrogens is 356 g/mol. The third-order valence-corrected chi connectivity index (χ3v) is 6.64. The van der Waals surface area contributed by atoms with Gasteiger partial charge in [0.2, 0.25) is 11.8 Å². The second-order valence-corrected chi connectivity index (χ2v) is 8.44. The molecule has 4 aliphatic rings. The summed E-state index contributed by atoms with van der Waals surface area (Å²) < 4.78 is 0. The molecular formula is C21H26N4O3. The molecule has 3 fully saturated rings. The highest BCUT2D eigenvalue weighted by molar-refractivity contribution is 6.05. The lowest BCUT2D eigenvalue weighted by Gasteiger charge is -2.29. The minimum absolute atomic E-state index is 0.113. The van der Waals surface area contributed by atoms with Crippen LogP contribution in [0, 0.1) is 5.92 Å². The van der Waals surface area contributed by atoms with Gasteiger partial charge in [0.05, 0.1) is 0 Å². The summed E-state index contributed by atoms with van der Waals surface area (Å²) in [5.41, 5.74) is 2.81. The summed E-state index contributed by atoms with van der Waals surface area (Å²) in [6.45, 7) is 2.35. The Morgan fingerprint density at radius 1 is 1.14 bits per heavy atom. The van der Waals surface area contributed by atoms with Crippen LogP contribution >= 0.6 is 0 Å². The van der Waals surface area contributed by atoms with Gasteiger partial charge in [-0.3, -0.25) is 19.7 Å². The Labute approximate surface area is 164 Å². The third-order valence-electron chi connectivity index (χ3n) is 6.64. The highest BCUT2D eigenvalue weighted by Crippen LogP contribution is 2.38. The largest absolute Gasteiger partial charge is 0.322 e. The number of rotatable bonds is 4. The standard InChI is InChI=1S/C21H26N4O3/c26-17-7-6-16(20(27)24-17)25-11-13-9-12(4-5-14(13)21(25)28)10-23-19-15-3-1-2-8-22-18(15)19/h4-5,9,15-16,18-19,22-23H,1-3,6-8,10-11H2,(H,24,26,27). The molecule has 2 saturated heterocycles. The van der Waals surface area contributed by atoms with Gasteiger partial charge in [-0.1, -0.05) is 18.6 Å². The minimum atomic E-state index is -0.552. The molecule has 3 N–H and O–H groups in total. The molecule has 1 aromatic carbocycles. The summed E-state index contributed by atoms with van der Waals surface area (Å²) in [5.74, 6) is 0.0165. The first-order chi connectivity index (χ1) is 13.6. The maximum absolute atomic E-state index is 12.8. The molecule has 0 radical (unpaired) electrons. The normalized spacial score (nSPS) is 31.9. The van der Waals surface area contributed by atoms with E-state index in [0.717, 1.165) is 30.1 Å². The first kappa shape index (κ1) is 17.8. The van der Waals surface area contributed by atoms with Crippen molar-refractivity contribution in [3.63, 3.8) is 0 Å². The molecule has 1 aliphatic carbocycles. The number of nitrogens with zero attached hydrogens (tertiary/aromatic N) is 1. The second-order valence-electron chi connectivity index (χ2n) is 8.44. The van der Waals surface area contributed by atoms with Gasteiger partial charge < -0.3 is 15.5 Å². The fourth-order valence-electron chi connectivity index (χ4n) is 5.04. The molecule has 1 aromatic rings. The highest BCUT2D eigenvalue weighted by Gasteiger charge is 2.49. The van der Waals surface area contributed by atoms with Crippen LogP contribution in [-0.2, 0) is 22.7 Å². The number of imide groups is 1. The van der Waals surface area contributed by atoms with Crippen LogP contribution in [0.5, 0.6) is 0 Å². The van der Waals surface area contributed by atoms with Gasteiger partial charge in [-0.25, -0.2) is 0 Å². The van der Waals surface area contributed by atoms with E-state index in [1.807, 2.05) is 12.1 Å². The molecule has 3 amide bonds. The molecule has 3 aliphatic heterocycles. The number of hydrogen-bond acceptors (Lipinski definition) is 5. The Kier molecular flexibility index (Phi) is 4.44. The van der Waals surface area contributed by atoms with Crippen molar-refractivity contribution >= 4 is 17.7 Å². The molecule has 148 valence electrons. The van der Waals surface area contributed by atoms with Crippen molar-refractivity contribution in [2.24, 2.45) is 5.92 Å². The average molecular weight is 382 g/mol. The fourth-order valence-corrected chi connectivity index (χ4v) is 5.04. The van der Waals surface area contributed by atoms with E-state index in [0.29, 0.717) is 30.6 Å². The van der Waals surface area contributed by atoms with Crippen molar-refractivity contribution in [2.45, 2.75) is 63.3 Å². The Bertz CT molecular complexity index is 827. The number of piperidine rings is 1. The molecule has 0 spiro atoms. The van der Waals surface area contributed by atoms with Crippen LogP contribution in [0.1, 0.15) is 53.6 Å². The minimum Gasteiger partial charge on any atom is -0.322 e. The zero-order valence-electron chi connectivity index (χ0n) is 15.9. The molecule has 3 heterocycles. The van der Waals surface area contributed by atoms with Crippen LogP contribution in [0.4, 0.5) is 0 Å². The topological polar surface area (TPSA) is 90.5 Å². The van der Waals surface area contributed by atoms with Crippen LogP contribution in [0.3, 0.4) is 0 Å². The van der Waals surface area contributed by atoms with Gasteiger partial charge in [-0.15, -0.1) is 0 Å². The number of carbonyl (C=O) groups is 3. The molecule has 5 rings (SSSR count). The average Bonchev–Trinajstić information content (AvgIpc) is 3.31. The van der Waals surface area contributed by atoms with Crippen molar-refractivity contribution in [1.82, 2.24) is 20.9 Å². The zero-order chi connectivity index (χ0) is 19.3. The van der Waals surface area contributed by atoms with Gasteiger partial charge in [0, 0.05) is 37.2 Å². The van der Waals surface area contributed by atoms with Gasteiger partial charge >= 0.3 is 0 Å². The van der Waals surface area contributed by atoms with Crippen molar-refractivity contribution in [3.05, 3.63) is 34.9 Å². The molecule has 1 saturated carbocycles. The first-order valence-corrected chi connectivity index (χ1v) is 10.3. The van der Waals surface area contributed by atoms with Crippen molar-refractivity contribution in [2.75, 3.05) is 6.54 Å². The molecule has 4 atom stereocenters. The Balaban J connectivity index is 1.23. The number of hydrogen-bond donors (Lipinski definition) is 3. The smallest absolute Gasteiger partial charge is 0.255 e. The third kappa shape index (κ3) is 3.12. The van der Waals surface area contributed by atoms with Crippen LogP contribution in [-0.4, -0.2) is 47.3 Å².